The van der Waals surface area contributed by atoms with Gasteiger partial charge < -0.3 is 18.6 Å². The number of ether oxygens (including phenoxy) is 1. The van der Waals surface area contributed by atoms with E-state index in [9.17, 15) is 14.4 Å². The Morgan fingerprint density at radius 2 is 1.97 bits per heavy atom. The summed E-state index contributed by atoms with van der Waals surface area (Å²) in [5, 5.41) is 0. The first kappa shape index (κ1) is 20.9. The van der Waals surface area contributed by atoms with Crippen LogP contribution in [0, 0.1) is 13.8 Å². The number of carbonyl (C=O) groups excluding carboxylic acids is 3. The molecule has 0 aliphatic heterocycles. The highest BCUT2D eigenvalue weighted by Crippen LogP contribution is 2.33. The molecule has 0 radical (unpaired) electrons. The van der Waals surface area contributed by atoms with Gasteiger partial charge in [-0.1, -0.05) is 0 Å². The van der Waals surface area contributed by atoms with E-state index in [0.29, 0.717) is 29.1 Å². The third-order valence-electron chi connectivity index (χ3n) is 5.50. The smallest absolute Gasteiger partial charge is 0.355 e. The minimum atomic E-state index is -0.666. The van der Waals surface area contributed by atoms with Crippen molar-refractivity contribution >= 4 is 17.7 Å². The van der Waals surface area contributed by atoms with Crippen molar-refractivity contribution in [1.29, 1.82) is 0 Å². The molecule has 0 saturated heterocycles. The molecule has 0 spiro atoms. The van der Waals surface area contributed by atoms with Gasteiger partial charge in [0.05, 0.1) is 18.9 Å². The lowest BCUT2D eigenvalue weighted by molar-refractivity contribution is 0.0512. The number of nitrogens with zero attached hydrogens (tertiary/aromatic N) is 2. The monoisotopic (exact) mass is 400 g/mol. The minimum absolute atomic E-state index is 0.0324. The number of hydrogen-bond acceptors (Lipinski definition) is 5. The van der Waals surface area contributed by atoms with Crippen LogP contribution in [0.25, 0.3) is 0 Å². The van der Waals surface area contributed by atoms with Crippen molar-refractivity contribution in [2.45, 2.75) is 66.1 Å². The number of carbonyl (C=O) groups is 3. The van der Waals surface area contributed by atoms with Gasteiger partial charge in [-0.2, -0.15) is 0 Å². The van der Waals surface area contributed by atoms with Crippen molar-refractivity contribution in [2.75, 3.05) is 6.61 Å². The second-order valence-electron chi connectivity index (χ2n) is 7.36. The number of hydrogen-bond donors (Lipinski definition) is 0. The van der Waals surface area contributed by atoms with Gasteiger partial charge >= 0.3 is 5.97 Å². The molecular formula is C22H28N2O5. The summed E-state index contributed by atoms with van der Waals surface area (Å²) in [6.07, 6.45) is 3.18. The van der Waals surface area contributed by atoms with E-state index in [-0.39, 0.29) is 30.1 Å². The van der Waals surface area contributed by atoms with Gasteiger partial charge in [-0.15, -0.1) is 0 Å². The van der Waals surface area contributed by atoms with Crippen LogP contribution in [0.15, 0.2) is 22.8 Å². The summed E-state index contributed by atoms with van der Waals surface area (Å²) in [4.78, 5) is 40.6. The number of rotatable bonds is 8. The summed E-state index contributed by atoms with van der Waals surface area (Å²) in [5.74, 6) is -0.672. The average Bonchev–Trinajstić information content (AvgIpc) is 3.28. The maximum atomic E-state index is 13.5. The summed E-state index contributed by atoms with van der Waals surface area (Å²) in [7, 11) is 0. The summed E-state index contributed by atoms with van der Waals surface area (Å²) >= 11 is 0. The summed E-state index contributed by atoms with van der Waals surface area (Å²) < 4.78 is 12.3. The van der Waals surface area contributed by atoms with E-state index in [4.69, 9.17) is 9.15 Å². The van der Waals surface area contributed by atoms with Crippen molar-refractivity contribution in [1.82, 2.24) is 9.47 Å². The van der Waals surface area contributed by atoms with Gasteiger partial charge in [-0.25, -0.2) is 4.79 Å². The lowest BCUT2D eigenvalue weighted by Crippen LogP contribution is -2.45. The molecule has 1 aliphatic rings. The number of amides is 1. The molecule has 1 fully saturated rings. The Bertz CT molecular complexity index is 922. The van der Waals surface area contributed by atoms with E-state index >= 15 is 0 Å². The van der Waals surface area contributed by atoms with Crippen LogP contribution in [0.4, 0.5) is 0 Å². The van der Waals surface area contributed by atoms with E-state index in [0.717, 1.165) is 12.8 Å². The van der Waals surface area contributed by atoms with Crippen LogP contribution in [0.3, 0.4) is 0 Å². The number of ketones is 1. The Balaban J connectivity index is 1.98. The molecule has 1 amide bonds. The quantitative estimate of drug-likeness (QED) is 0.498. The van der Waals surface area contributed by atoms with Crippen molar-refractivity contribution in [2.24, 2.45) is 0 Å². The van der Waals surface area contributed by atoms with Gasteiger partial charge in [0, 0.05) is 23.8 Å². The largest absolute Gasteiger partial charge is 0.461 e. The lowest BCUT2D eigenvalue weighted by atomic mass is 9.99. The minimum Gasteiger partial charge on any atom is -0.461 e. The Kier molecular flexibility index (Phi) is 5.96. The molecule has 7 nitrogen and oxygen atoms in total. The molecule has 2 aromatic heterocycles. The molecule has 2 aromatic rings. The number of furan rings is 1. The zero-order chi connectivity index (χ0) is 21.3. The van der Waals surface area contributed by atoms with E-state index in [2.05, 4.69) is 0 Å². The summed E-state index contributed by atoms with van der Waals surface area (Å²) in [6, 6.07) is 2.63. The third-order valence-corrected chi connectivity index (χ3v) is 5.50. The highest BCUT2D eigenvalue weighted by atomic mass is 16.5. The van der Waals surface area contributed by atoms with Gasteiger partial charge in [0.1, 0.15) is 5.69 Å². The molecule has 0 aromatic carbocycles. The number of esters is 1. The van der Waals surface area contributed by atoms with Crippen molar-refractivity contribution in [3.05, 3.63) is 46.7 Å². The third kappa shape index (κ3) is 3.73. The number of Topliss-reactive ketones (excluding diaryl/α,β-unsaturated/α-hetero) is 1. The molecule has 29 heavy (non-hydrogen) atoms. The zero-order valence-corrected chi connectivity index (χ0v) is 17.7. The maximum Gasteiger partial charge on any atom is 0.355 e. The van der Waals surface area contributed by atoms with Crippen LogP contribution < -0.4 is 0 Å². The molecule has 0 bridgehead atoms. The highest BCUT2D eigenvalue weighted by molar-refractivity contribution is 6.07. The SMILES string of the molecule is CCOC(=O)c1c(C)c(C(=O)C(C)N(C(=O)c2ccco2)C2CC2)c(C)n1CC. The van der Waals surface area contributed by atoms with Gasteiger partial charge in [-0.3, -0.25) is 9.59 Å². The fraction of sp³-hybridized carbons (Fsp3) is 0.500. The van der Waals surface area contributed by atoms with Crippen molar-refractivity contribution < 1.29 is 23.5 Å². The molecule has 156 valence electrons. The second kappa shape index (κ2) is 8.27. The van der Waals surface area contributed by atoms with Crippen molar-refractivity contribution in [3.63, 3.8) is 0 Å². The van der Waals surface area contributed by atoms with Crippen LogP contribution in [0.5, 0.6) is 0 Å². The normalized spacial score (nSPS) is 14.5. The molecule has 2 heterocycles. The molecule has 1 unspecified atom stereocenters. The number of aromatic nitrogens is 1. The van der Waals surface area contributed by atoms with E-state index in [1.807, 2.05) is 18.4 Å². The van der Waals surface area contributed by atoms with E-state index in [1.54, 1.807) is 37.8 Å². The molecule has 3 rings (SSSR count). The topological polar surface area (TPSA) is 81.8 Å². The average molecular weight is 400 g/mol. The Hall–Kier alpha value is -2.83. The highest BCUT2D eigenvalue weighted by Gasteiger charge is 2.41. The molecule has 0 N–H and O–H groups in total. The van der Waals surface area contributed by atoms with Crippen molar-refractivity contribution in [3.8, 4) is 0 Å². The van der Waals surface area contributed by atoms with Crippen LogP contribution in [-0.4, -0.2) is 45.8 Å². The van der Waals surface area contributed by atoms with E-state index < -0.39 is 12.0 Å². The Labute approximate surface area is 170 Å². The first-order valence-electron chi connectivity index (χ1n) is 10.1. The first-order chi connectivity index (χ1) is 13.8. The van der Waals surface area contributed by atoms with Crippen LogP contribution >= 0.6 is 0 Å². The summed E-state index contributed by atoms with van der Waals surface area (Å²) in [5.41, 5.74) is 2.20. The molecule has 1 aliphatic carbocycles. The molecule has 7 heteroatoms. The van der Waals surface area contributed by atoms with Gasteiger partial charge in [0.2, 0.25) is 0 Å². The van der Waals surface area contributed by atoms with E-state index in [1.165, 1.54) is 6.26 Å². The Morgan fingerprint density at radius 1 is 1.28 bits per heavy atom. The standard InChI is InChI=1S/C22H28N2O5/c1-6-23-14(4)18(13(3)19(23)22(27)28-7-2)20(25)15(5)24(16-10-11-16)21(26)17-9-8-12-29-17/h8-9,12,15-16H,6-7,10-11H2,1-5H3. The second-order valence-corrected chi connectivity index (χ2v) is 7.36. The predicted molar refractivity (Wildman–Crippen MR) is 107 cm³/mol. The van der Waals surface area contributed by atoms with Crippen LogP contribution in [-0.2, 0) is 11.3 Å². The Morgan fingerprint density at radius 3 is 2.48 bits per heavy atom. The zero-order valence-electron chi connectivity index (χ0n) is 17.7. The molecule has 1 saturated carbocycles. The summed E-state index contributed by atoms with van der Waals surface area (Å²) in [6.45, 7) is 9.81. The lowest BCUT2D eigenvalue weighted by Gasteiger charge is -2.28. The van der Waals surface area contributed by atoms with Gasteiger partial charge in [0.25, 0.3) is 5.91 Å². The predicted octanol–water partition coefficient (Wildman–Crippen LogP) is 3.77. The van der Waals surface area contributed by atoms with Crippen LogP contribution in [0.2, 0.25) is 0 Å². The maximum absolute atomic E-state index is 13.5. The fourth-order valence-electron chi connectivity index (χ4n) is 3.99. The van der Waals surface area contributed by atoms with Gasteiger partial charge in [0.15, 0.2) is 11.5 Å². The van der Waals surface area contributed by atoms with Gasteiger partial charge in [-0.05, 0) is 65.2 Å². The van der Waals surface area contributed by atoms with Crippen LogP contribution in [0.1, 0.15) is 76.3 Å². The first-order valence-corrected chi connectivity index (χ1v) is 10.1. The fourth-order valence-corrected chi connectivity index (χ4v) is 3.99. The molecular weight excluding hydrogens is 372 g/mol. The molecule has 1 atom stereocenters.